The summed E-state index contributed by atoms with van der Waals surface area (Å²) in [6, 6.07) is 3.90. The molecule has 5 rings (SSSR count). The van der Waals surface area contributed by atoms with Crippen LogP contribution in [0.5, 0.6) is 0 Å². The molecule has 2 aliphatic carbocycles. The number of hydrogen-bond donors (Lipinski definition) is 0. The van der Waals surface area contributed by atoms with Crippen LogP contribution in [0.3, 0.4) is 0 Å². The van der Waals surface area contributed by atoms with Crippen LogP contribution in [0.2, 0.25) is 0 Å². The van der Waals surface area contributed by atoms with E-state index in [9.17, 15) is 9.59 Å². The van der Waals surface area contributed by atoms with E-state index in [2.05, 4.69) is 14.8 Å². The Labute approximate surface area is 167 Å². The highest BCUT2D eigenvalue weighted by molar-refractivity contribution is 7.99. The van der Waals surface area contributed by atoms with Crippen LogP contribution in [0.25, 0.3) is 0 Å². The molecule has 0 spiro atoms. The normalized spacial score (nSPS) is 19.9. The number of rotatable bonds is 6. The minimum Gasteiger partial charge on any atom is -0.459 e. The van der Waals surface area contributed by atoms with Gasteiger partial charge in [0, 0.05) is 38.1 Å². The monoisotopic (exact) mass is 401 g/mol. The molecule has 3 fully saturated rings. The molecule has 2 amide bonds. The smallest absolute Gasteiger partial charge is 0.289 e. The number of amides is 2. The number of aromatic nitrogens is 3. The van der Waals surface area contributed by atoms with Gasteiger partial charge in [-0.1, -0.05) is 11.8 Å². The third-order valence-corrected chi connectivity index (χ3v) is 6.45. The fourth-order valence-electron chi connectivity index (χ4n) is 3.62. The Morgan fingerprint density at radius 2 is 1.82 bits per heavy atom. The standard InChI is InChI=1S/C19H23N5O3S/c25-16(22-7-9-23(10-8-22)18(26)15-2-1-11-27-15)12-28-19-21-20-17(13-3-4-13)24(19)14-5-6-14/h1-2,11,13-14H,3-10,12H2. The topological polar surface area (TPSA) is 84.5 Å². The van der Waals surface area contributed by atoms with Gasteiger partial charge in [0.05, 0.1) is 12.0 Å². The zero-order valence-corrected chi connectivity index (χ0v) is 16.4. The fraction of sp³-hybridized carbons (Fsp3) is 0.579. The summed E-state index contributed by atoms with van der Waals surface area (Å²) >= 11 is 1.49. The zero-order chi connectivity index (χ0) is 19.1. The molecule has 2 aromatic rings. The number of thioether (sulfide) groups is 1. The Hall–Kier alpha value is -2.29. The highest BCUT2D eigenvalue weighted by Crippen LogP contribution is 2.46. The summed E-state index contributed by atoms with van der Waals surface area (Å²) < 4.78 is 7.45. The molecule has 0 unspecified atom stereocenters. The van der Waals surface area contributed by atoms with Gasteiger partial charge in [0.15, 0.2) is 10.9 Å². The molecule has 0 aromatic carbocycles. The molecule has 0 N–H and O–H groups in total. The number of hydrogen-bond acceptors (Lipinski definition) is 6. The minimum absolute atomic E-state index is 0.0911. The Kier molecular flexibility index (Phi) is 4.62. The molecule has 3 heterocycles. The summed E-state index contributed by atoms with van der Waals surface area (Å²) in [5.74, 6) is 2.37. The molecular weight excluding hydrogens is 378 g/mol. The molecule has 0 radical (unpaired) electrons. The van der Waals surface area contributed by atoms with Gasteiger partial charge in [-0.3, -0.25) is 9.59 Å². The van der Waals surface area contributed by atoms with Gasteiger partial charge in [-0.15, -0.1) is 10.2 Å². The average Bonchev–Trinajstić information content (AvgIpc) is 3.66. The maximum absolute atomic E-state index is 12.7. The van der Waals surface area contributed by atoms with Gasteiger partial charge in [0.2, 0.25) is 5.91 Å². The van der Waals surface area contributed by atoms with E-state index in [0.717, 1.165) is 11.0 Å². The zero-order valence-electron chi connectivity index (χ0n) is 15.6. The van der Waals surface area contributed by atoms with E-state index in [1.54, 1.807) is 17.0 Å². The molecule has 1 saturated heterocycles. The molecule has 8 nitrogen and oxygen atoms in total. The molecular formula is C19H23N5O3S. The largest absolute Gasteiger partial charge is 0.459 e. The van der Waals surface area contributed by atoms with Gasteiger partial charge in [-0.25, -0.2) is 0 Å². The predicted octanol–water partition coefficient (Wildman–Crippen LogP) is 2.16. The molecule has 0 bridgehead atoms. The van der Waals surface area contributed by atoms with Crippen LogP contribution in [-0.2, 0) is 4.79 Å². The molecule has 28 heavy (non-hydrogen) atoms. The van der Waals surface area contributed by atoms with Gasteiger partial charge in [0.1, 0.15) is 5.82 Å². The van der Waals surface area contributed by atoms with E-state index in [1.807, 2.05) is 4.90 Å². The lowest BCUT2D eigenvalue weighted by Crippen LogP contribution is -2.51. The highest BCUT2D eigenvalue weighted by atomic mass is 32.2. The van der Waals surface area contributed by atoms with Crippen LogP contribution in [0.1, 0.15) is 54.0 Å². The summed E-state index contributed by atoms with van der Waals surface area (Å²) in [6.07, 6.45) is 6.28. The van der Waals surface area contributed by atoms with Crippen LogP contribution in [-0.4, -0.2) is 68.3 Å². The second kappa shape index (κ2) is 7.27. The van der Waals surface area contributed by atoms with Gasteiger partial charge < -0.3 is 18.8 Å². The molecule has 2 aromatic heterocycles. The van der Waals surface area contributed by atoms with Crippen LogP contribution in [0.15, 0.2) is 28.0 Å². The summed E-state index contributed by atoms with van der Waals surface area (Å²) in [7, 11) is 0. The van der Waals surface area contributed by atoms with Gasteiger partial charge in [-0.2, -0.15) is 0 Å². The maximum Gasteiger partial charge on any atom is 0.289 e. The van der Waals surface area contributed by atoms with Crippen LogP contribution in [0.4, 0.5) is 0 Å². The first-order chi connectivity index (χ1) is 13.7. The van der Waals surface area contributed by atoms with Crippen molar-refractivity contribution in [3.05, 3.63) is 30.0 Å². The fourth-order valence-corrected chi connectivity index (χ4v) is 4.53. The lowest BCUT2D eigenvalue weighted by atomic mass is 10.3. The van der Waals surface area contributed by atoms with Crippen molar-refractivity contribution in [3.63, 3.8) is 0 Å². The first kappa shape index (κ1) is 17.8. The Balaban J connectivity index is 1.15. The van der Waals surface area contributed by atoms with E-state index in [1.165, 1.54) is 43.7 Å². The Morgan fingerprint density at radius 3 is 2.46 bits per heavy atom. The Bertz CT molecular complexity index is 864. The Morgan fingerprint density at radius 1 is 1.07 bits per heavy atom. The quantitative estimate of drug-likeness (QED) is 0.690. The summed E-state index contributed by atoms with van der Waals surface area (Å²) in [5, 5.41) is 9.64. The number of carbonyl (C=O) groups excluding carboxylic acids is 2. The van der Waals surface area contributed by atoms with Gasteiger partial charge in [-0.05, 0) is 37.8 Å². The molecule has 0 atom stereocenters. The van der Waals surface area contributed by atoms with Gasteiger partial charge >= 0.3 is 0 Å². The number of furan rings is 1. The molecule has 148 valence electrons. The van der Waals surface area contributed by atoms with E-state index in [4.69, 9.17) is 4.42 Å². The van der Waals surface area contributed by atoms with Crippen molar-refractivity contribution in [1.29, 1.82) is 0 Å². The van der Waals surface area contributed by atoms with E-state index < -0.39 is 0 Å². The van der Waals surface area contributed by atoms with Crippen molar-refractivity contribution in [2.24, 2.45) is 0 Å². The van der Waals surface area contributed by atoms with Gasteiger partial charge in [0.25, 0.3) is 5.91 Å². The van der Waals surface area contributed by atoms with Crippen LogP contribution < -0.4 is 0 Å². The lowest BCUT2D eigenvalue weighted by Gasteiger charge is -2.34. The summed E-state index contributed by atoms with van der Waals surface area (Å²) in [6.45, 7) is 2.16. The highest BCUT2D eigenvalue weighted by Gasteiger charge is 2.36. The molecule has 2 saturated carbocycles. The summed E-state index contributed by atoms with van der Waals surface area (Å²) in [5.41, 5.74) is 0. The predicted molar refractivity (Wildman–Crippen MR) is 102 cm³/mol. The van der Waals surface area contributed by atoms with Crippen LogP contribution >= 0.6 is 11.8 Å². The van der Waals surface area contributed by atoms with Crippen molar-refractivity contribution in [1.82, 2.24) is 24.6 Å². The van der Waals surface area contributed by atoms with E-state index >= 15 is 0 Å². The first-order valence-electron chi connectivity index (χ1n) is 9.89. The number of nitrogens with zero attached hydrogens (tertiary/aromatic N) is 5. The first-order valence-corrected chi connectivity index (χ1v) is 10.9. The van der Waals surface area contributed by atoms with Crippen LogP contribution in [0, 0.1) is 0 Å². The lowest BCUT2D eigenvalue weighted by molar-refractivity contribution is -0.129. The third kappa shape index (κ3) is 3.55. The van der Waals surface area contributed by atoms with Crippen molar-refractivity contribution in [3.8, 4) is 0 Å². The molecule has 9 heteroatoms. The molecule has 3 aliphatic rings. The van der Waals surface area contributed by atoms with E-state index in [-0.39, 0.29) is 11.8 Å². The maximum atomic E-state index is 12.7. The minimum atomic E-state index is -0.114. The third-order valence-electron chi connectivity index (χ3n) is 5.52. The molecule has 1 aliphatic heterocycles. The van der Waals surface area contributed by atoms with Crippen molar-refractivity contribution >= 4 is 23.6 Å². The van der Waals surface area contributed by atoms with Crippen molar-refractivity contribution < 1.29 is 14.0 Å². The number of carbonyl (C=O) groups is 2. The van der Waals surface area contributed by atoms with Crippen molar-refractivity contribution in [2.75, 3.05) is 31.9 Å². The summed E-state index contributed by atoms with van der Waals surface area (Å²) in [4.78, 5) is 28.5. The van der Waals surface area contributed by atoms with E-state index in [0.29, 0.717) is 49.7 Å². The second-order valence-corrected chi connectivity index (χ2v) is 8.60. The second-order valence-electron chi connectivity index (χ2n) is 7.66. The number of piperazine rings is 1. The van der Waals surface area contributed by atoms with Crippen molar-refractivity contribution in [2.45, 2.75) is 42.8 Å². The SMILES string of the molecule is O=C(CSc1nnc(C2CC2)n1C1CC1)N1CCN(C(=O)c2ccco2)CC1. The average molecular weight is 401 g/mol.